The van der Waals surface area contributed by atoms with Crippen molar-refractivity contribution in [2.45, 2.75) is 20.3 Å². The quantitative estimate of drug-likeness (QED) is 0.723. The third-order valence-corrected chi connectivity index (χ3v) is 4.15. The second-order valence-corrected chi connectivity index (χ2v) is 6.26. The van der Waals surface area contributed by atoms with Gasteiger partial charge in [-0.1, -0.05) is 6.08 Å². The smallest absolute Gasteiger partial charge is 0.0270 e. The molecule has 2 aromatic heterocycles. The number of thiophene rings is 2. The Morgan fingerprint density at radius 1 is 1.00 bits per heavy atom. The molecule has 0 bridgehead atoms. The van der Waals surface area contributed by atoms with Crippen LogP contribution >= 0.6 is 22.7 Å². The maximum atomic E-state index is 2.25. The van der Waals surface area contributed by atoms with E-state index >= 15 is 0 Å². The summed E-state index contributed by atoms with van der Waals surface area (Å²) in [5.74, 6) is 0. The summed E-state index contributed by atoms with van der Waals surface area (Å²) < 4.78 is 0. The molecule has 0 aliphatic carbocycles. The minimum atomic E-state index is 1.05. The summed E-state index contributed by atoms with van der Waals surface area (Å²) >= 11 is 3.72. The van der Waals surface area contributed by atoms with Crippen LogP contribution in [0.4, 0.5) is 0 Å². The highest BCUT2D eigenvalue weighted by molar-refractivity contribution is 7.12. The van der Waals surface area contributed by atoms with Crippen molar-refractivity contribution in [2.75, 3.05) is 0 Å². The predicted octanol–water partition coefficient (Wildman–Crippen LogP) is 4.68. The van der Waals surface area contributed by atoms with Crippen molar-refractivity contribution in [3.63, 3.8) is 0 Å². The second-order valence-electron chi connectivity index (χ2n) is 3.57. The highest BCUT2D eigenvalue weighted by Gasteiger charge is 1.94. The normalized spacial score (nSPS) is 11.3. The molecule has 0 amide bonds. The molecule has 0 saturated carbocycles. The van der Waals surface area contributed by atoms with Crippen LogP contribution in [0.25, 0.3) is 6.08 Å². The Morgan fingerprint density at radius 2 is 1.73 bits per heavy atom. The zero-order valence-electron chi connectivity index (χ0n) is 8.99. The van der Waals surface area contributed by atoms with Crippen molar-refractivity contribution >= 4 is 28.7 Å². The predicted molar refractivity (Wildman–Crippen MR) is 70.9 cm³/mol. The van der Waals surface area contributed by atoms with Crippen molar-refractivity contribution in [1.82, 2.24) is 0 Å². The van der Waals surface area contributed by atoms with Gasteiger partial charge in [-0.2, -0.15) is 0 Å². The molecule has 0 radical (unpaired) electrons. The number of allylic oxidation sites excluding steroid dienone is 1. The van der Waals surface area contributed by atoms with Gasteiger partial charge in [-0.05, 0) is 44.2 Å². The number of aryl methyl sites for hydroxylation is 2. The molecule has 78 valence electrons. The molecule has 2 rings (SSSR count). The summed E-state index contributed by atoms with van der Waals surface area (Å²) in [5, 5.41) is 0. The molecule has 2 heteroatoms. The molecule has 0 saturated heterocycles. The average Bonchev–Trinajstić information content (AvgIpc) is 2.76. The standard InChI is InChI=1S/C13H14S2/c1-10-6-8-12(14-10)4-3-5-13-9-7-11(2)15-13/h3-4,6-9H,5H2,1-2H3/b4-3+. The van der Waals surface area contributed by atoms with Gasteiger partial charge in [0.05, 0.1) is 0 Å². The van der Waals surface area contributed by atoms with Crippen LogP contribution in [-0.4, -0.2) is 0 Å². The molecule has 0 atom stereocenters. The van der Waals surface area contributed by atoms with Crippen molar-refractivity contribution in [3.8, 4) is 0 Å². The van der Waals surface area contributed by atoms with Crippen LogP contribution in [0, 0.1) is 13.8 Å². The lowest BCUT2D eigenvalue weighted by Gasteiger charge is -1.87. The van der Waals surface area contributed by atoms with Gasteiger partial charge in [-0.3, -0.25) is 0 Å². The Balaban J connectivity index is 1.96. The molecule has 2 heterocycles. The lowest BCUT2D eigenvalue weighted by molar-refractivity contribution is 1.36. The van der Waals surface area contributed by atoms with E-state index in [2.05, 4.69) is 50.3 Å². The van der Waals surface area contributed by atoms with Gasteiger partial charge < -0.3 is 0 Å². The fraction of sp³-hybridized carbons (Fsp3) is 0.231. The van der Waals surface area contributed by atoms with Gasteiger partial charge in [0.15, 0.2) is 0 Å². The summed E-state index contributed by atoms with van der Waals surface area (Å²) in [4.78, 5) is 5.56. The van der Waals surface area contributed by atoms with E-state index in [0.717, 1.165) is 6.42 Å². The van der Waals surface area contributed by atoms with E-state index in [9.17, 15) is 0 Å². The fourth-order valence-corrected chi connectivity index (χ4v) is 3.10. The number of hydrogen-bond acceptors (Lipinski definition) is 2. The summed E-state index contributed by atoms with van der Waals surface area (Å²) in [6, 6.07) is 8.74. The first-order valence-corrected chi connectivity index (χ1v) is 6.65. The van der Waals surface area contributed by atoms with Crippen molar-refractivity contribution in [2.24, 2.45) is 0 Å². The molecular weight excluding hydrogens is 220 g/mol. The SMILES string of the molecule is Cc1ccc(/C=C/Cc2ccc(C)s2)s1. The molecule has 0 aromatic carbocycles. The van der Waals surface area contributed by atoms with Gasteiger partial charge in [0, 0.05) is 25.9 Å². The molecule has 0 nitrogen and oxygen atoms in total. The van der Waals surface area contributed by atoms with Crippen molar-refractivity contribution in [1.29, 1.82) is 0 Å². The van der Waals surface area contributed by atoms with Gasteiger partial charge in [-0.25, -0.2) is 0 Å². The minimum absolute atomic E-state index is 1.05. The zero-order chi connectivity index (χ0) is 10.7. The fourth-order valence-electron chi connectivity index (χ4n) is 1.43. The molecule has 0 aliphatic rings. The molecule has 0 unspecified atom stereocenters. The molecule has 0 fully saturated rings. The Bertz CT molecular complexity index is 460. The minimum Gasteiger partial charge on any atom is -0.145 e. The third kappa shape index (κ3) is 3.05. The average molecular weight is 234 g/mol. The number of hydrogen-bond donors (Lipinski definition) is 0. The lowest BCUT2D eigenvalue weighted by atomic mass is 10.3. The monoisotopic (exact) mass is 234 g/mol. The largest absolute Gasteiger partial charge is 0.145 e. The van der Waals surface area contributed by atoms with E-state index in [0.29, 0.717) is 0 Å². The van der Waals surface area contributed by atoms with E-state index in [1.807, 2.05) is 22.7 Å². The topological polar surface area (TPSA) is 0 Å². The van der Waals surface area contributed by atoms with Gasteiger partial charge in [-0.15, -0.1) is 22.7 Å². The van der Waals surface area contributed by atoms with Crippen LogP contribution in [0.5, 0.6) is 0 Å². The summed E-state index contributed by atoms with van der Waals surface area (Å²) in [7, 11) is 0. The van der Waals surface area contributed by atoms with Crippen LogP contribution < -0.4 is 0 Å². The van der Waals surface area contributed by atoms with Crippen LogP contribution in [-0.2, 0) is 6.42 Å². The van der Waals surface area contributed by atoms with E-state index < -0.39 is 0 Å². The van der Waals surface area contributed by atoms with Crippen LogP contribution in [0.15, 0.2) is 30.3 Å². The summed E-state index contributed by atoms with van der Waals surface area (Å²) in [6.07, 6.45) is 5.51. The molecule has 15 heavy (non-hydrogen) atoms. The molecule has 0 N–H and O–H groups in total. The van der Waals surface area contributed by atoms with E-state index in [1.54, 1.807) is 0 Å². The van der Waals surface area contributed by atoms with Crippen LogP contribution in [0.2, 0.25) is 0 Å². The first kappa shape index (κ1) is 10.7. The molecule has 0 aliphatic heterocycles. The maximum Gasteiger partial charge on any atom is 0.0270 e. The summed E-state index contributed by atoms with van der Waals surface area (Å²) in [6.45, 7) is 4.30. The molecular formula is C13H14S2. The van der Waals surface area contributed by atoms with Gasteiger partial charge >= 0.3 is 0 Å². The van der Waals surface area contributed by atoms with Crippen molar-refractivity contribution < 1.29 is 0 Å². The van der Waals surface area contributed by atoms with Crippen molar-refractivity contribution in [3.05, 3.63) is 49.9 Å². The van der Waals surface area contributed by atoms with E-state index in [-0.39, 0.29) is 0 Å². The van der Waals surface area contributed by atoms with Crippen LogP contribution in [0.3, 0.4) is 0 Å². The highest BCUT2D eigenvalue weighted by Crippen LogP contribution is 2.19. The van der Waals surface area contributed by atoms with Crippen LogP contribution in [0.1, 0.15) is 19.5 Å². The molecule has 0 spiro atoms. The van der Waals surface area contributed by atoms with E-state index in [1.165, 1.54) is 19.5 Å². The highest BCUT2D eigenvalue weighted by atomic mass is 32.1. The van der Waals surface area contributed by atoms with Gasteiger partial charge in [0.1, 0.15) is 0 Å². The van der Waals surface area contributed by atoms with Gasteiger partial charge in [0.25, 0.3) is 0 Å². The molecule has 2 aromatic rings. The zero-order valence-corrected chi connectivity index (χ0v) is 10.6. The number of rotatable bonds is 3. The first-order valence-electron chi connectivity index (χ1n) is 5.02. The Morgan fingerprint density at radius 3 is 2.33 bits per heavy atom. The first-order chi connectivity index (χ1) is 7.24. The Hall–Kier alpha value is -0.860. The third-order valence-electron chi connectivity index (χ3n) is 2.16. The Labute approximate surface area is 98.9 Å². The maximum absolute atomic E-state index is 2.25. The second kappa shape index (κ2) is 4.77. The Kier molecular flexibility index (Phi) is 3.39. The van der Waals surface area contributed by atoms with E-state index in [4.69, 9.17) is 0 Å². The lowest BCUT2D eigenvalue weighted by Crippen LogP contribution is -1.70. The van der Waals surface area contributed by atoms with Gasteiger partial charge in [0.2, 0.25) is 0 Å². The summed E-state index contributed by atoms with van der Waals surface area (Å²) in [5.41, 5.74) is 0.